The summed E-state index contributed by atoms with van der Waals surface area (Å²) in [5.74, 6) is -1.40. The molecule has 11 heteroatoms. The van der Waals surface area contributed by atoms with E-state index in [1.807, 2.05) is 50.3 Å². The molecule has 2 aliphatic heterocycles. The molecule has 10 nitrogen and oxygen atoms in total. The lowest BCUT2D eigenvalue weighted by molar-refractivity contribution is -0.141. The molecule has 1 aromatic rings. The number of carbonyl (C=O) groups is 2. The molecule has 0 spiro atoms. The van der Waals surface area contributed by atoms with E-state index in [4.69, 9.17) is 18.9 Å². The molecule has 1 aliphatic carbocycles. The third-order valence-electron chi connectivity index (χ3n) is 6.90. The Labute approximate surface area is 275 Å². The van der Waals surface area contributed by atoms with E-state index in [1.165, 1.54) is 23.3 Å². The highest BCUT2D eigenvalue weighted by molar-refractivity contribution is 6.18. The number of hydrazone groups is 1. The molecule has 1 aromatic carbocycles. The number of hydrogen-bond donors (Lipinski definition) is 0. The van der Waals surface area contributed by atoms with Gasteiger partial charge in [-0.1, -0.05) is 49.1 Å². The average molecular weight is 645 g/mol. The summed E-state index contributed by atoms with van der Waals surface area (Å²) >= 11 is 0. The maximum absolute atomic E-state index is 14.5. The van der Waals surface area contributed by atoms with Gasteiger partial charge in [0.05, 0.1) is 31.2 Å². The van der Waals surface area contributed by atoms with Crippen molar-refractivity contribution in [1.29, 1.82) is 0 Å². The lowest BCUT2D eigenvalue weighted by Gasteiger charge is -2.32. The van der Waals surface area contributed by atoms with Crippen LogP contribution in [-0.4, -0.2) is 67.2 Å². The molecule has 3 aliphatic rings. The molecule has 47 heavy (non-hydrogen) atoms. The topological polar surface area (TPSA) is 102 Å². The zero-order chi connectivity index (χ0) is 33.9. The van der Waals surface area contributed by atoms with Crippen LogP contribution in [0.25, 0.3) is 0 Å². The molecule has 0 aromatic heterocycles. The first-order chi connectivity index (χ1) is 22.6. The number of benzene rings is 1. The predicted octanol–water partition coefficient (Wildman–Crippen LogP) is 6.39. The van der Waals surface area contributed by atoms with Crippen LogP contribution in [0.5, 0.6) is 0 Å². The Morgan fingerprint density at radius 2 is 1.96 bits per heavy atom. The van der Waals surface area contributed by atoms with Gasteiger partial charge in [0.25, 0.3) is 11.8 Å². The average Bonchev–Trinajstić information content (AvgIpc) is 3.24. The molecule has 0 atom stereocenters. The molecule has 2 heterocycles. The van der Waals surface area contributed by atoms with Gasteiger partial charge >= 0.3 is 5.97 Å². The number of fused-ring (bicyclic) bond motifs is 2. The lowest BCUT2D eigenvalue weighted by atomic mass is 9.98. The van der Waals surface area contributed by atoms with Crippen LogP contribution >= 0.6 is 0 Å². The number of hydrogen-bond acceptors (Lipinski definition) is 9. The van der Waals surface area contributed by atoms with Gasteiger partial charge in [0, 0.05) is 26.7 Å². The number of carbonyl (C=O) groups excluding carboxylic acids is 2. The second-order valence-electron chi connectivity index (χ2n) is 11.2. The Kier molecular flexibility index (Phi) is 12.1. The van der Waals surface area contributed by atoms with Crippen LogP contribution in [0.15, 0.2) is 123 Å². The van der Waals surface area contributed by atoms with Crippen molar-refractivity contribution >= 4 is 24.0 Å². The summed E-state index contributed by atoms with van der Waals surface area (Å²) in [6, 6.07) is 9.37. The fraction of sp³-hybridized carbons (Fsp3) is 0.333. The Morgan fingerprint density at radius 3 is 2.66 bits per heavy atom. The van der Waals surface area contributed by atoms with Gasteiger partial charge in [-0.25, -0.2) is 9.18 Å². The van der Waals surface area contributed by atoms with Gasteiger partial charge in [0.1, 0.15) is 18.2 Å². The zero-order valence-corrected chi connectivity index (χ0v) is 27.5. The summed E-state index contributed by atoms with van der Waals surface area (Å²) in [6.45, 7) is 9.58. The van der Waals surface area contributed by atoms with Crippen molar-refractivity contribution in [3.63, 3.8) is 0 Å². The summed E-state index contributed by atoms with van der Waals surface area (Å²) < 4.78 is 38.0. The molecule has 1 amide bonds. The van der Waals surface area contributed by atoms with Gasteiger partial charge in [-0.15, -0.1) is 5.10 Å². The highest BCUT2D eigenvalue weighted by Crippen LogP contribution is 2.35. The van der Waals surface area contributed by atoms with E-state index in [0.29, 0.717) is 18.4 Å². The highest BCUT2D eigenvalue weighted by atomic mass is 19.1. The van der Waals surface area contributed by atoms with Gasteiger partial charge < -0.3 is 18.9 Å². The summed E-state index contributed by atoms with van der Waals surface area (Å²) in [7, 11) is 3.46. The summed E-state index contributed by atoms with van der Waals surface area (Å²) in [6.07, 6.45) is 10.3. The third kappa shape index (κ3) is 9.41. The van der Waals surface area contributed by atoms with E-state index < -0.39 is 11.9 Å². The van der Waals surface area contributed by atoms with Crippen molar-refractivity contribution in [1.82, 2.24) is 9.91 Å². The van der Waals surface area contributed by atoms with Crippen molar-refractivity contribution in [2.24, 2.45) is 10.1 Å². The predicted molar refractivity (Wildman–Crippen MR) is 178 cm³/mol. The molecular weight excluding hydrogens is 603 g/mol. The molecule has 0 fully saturated rings. The van der Waals surface area contributed by atoms with Crippen LogP contribution in [-0.2, 0) is 35.1 Å². The lowest BCUT2D eigenvalue weighted by Crippen LogP contribution is -2.36. The Balaban J connectivity index is 1.89. The van der Waals surface area contributed by atoms with Crippen molar-refractivity contribution in [3.8, 4) is 0 Å². The van der Waals surface area contributed by atoms with Gasteiger partial charge in [-0.05, 0) is 62.5 Å². The normalized spacial score (nSPS) is 20.4. The Morgan fingerprint density at radius 1 is 1.19 bits per heavy atom. The number of ether oxygens (including phenoxy) is 4. The molecule has 0 saturated heterocycles. The van der Waals surface area contributed by atoms with Gasteiger partial charge in [-0.3, -0.25) is 19.7 Å². The molecule has 0 unspecified atom stereocenters. The first kappa shape index (κ1) is 34.7. The molecule has 0 N–H and O–H groups in total. The second kappa shape index (κ2) is 16.4. The van der Waals surface area contributed by atoms with E-state index >= 15 is 0 Å². The summed E-state index contributed by atoms with van der Waals surface area (Å²) in [5, 5.41) is 6.02. The van der Waals surface area contributed by atoms with Crippen molar-refractivity contribution in [2.75, 3.05) is 27.2 Å². The standard InChI is InChI=1S/C36H41FN4O6/c1-7-44-36(43)32-30(45-23-27-12-9-8-10-13-27)21-38-19-18-28(20-26-14-11-15-29(37)17-16-26)33-25(4)41(35(32)42)22-31(47-33)34(39-40(5)6)46-24(2)3/h8-10,12-17,19,22,24H,4,7,11,18,20-21,23H2,1-3,5-6H3/b32-30-,33-28-,38-19?,39-34-. The highest BCUT2D eigenvalue weighted by Gasteiger charge is 2.37. The number of amides is 1. The zero-order valence-electron chi connectivity index (χ0n) is 27.5. The van der Waals surface area contributed by atoms with Crippen LogP contribution in [0.4, 0.5) is 4.39 Å². The van der Waals surface area contributed by atoms with Crippen LogP contribution < -0.4 is 0 Å². The molecule has 2 bridgehead atoms. The fourth-order valence-corrected chi connectivity index (χ4v) is 4.77. The minimum atomic E-state index is -0.862. The summed E-state index contributed by atoms with van der Waals surface area (Å²) in [4.78, 5) is 33.8. The number of aliphatic imine (C=N–C) groups is 1. The monoisotopic (exact) mass is 644 g/mol. The molecule has 4 rings (SSSR count). The number of rotatable bonds is 10. The van der Waals surface area contributed by atoms with Crippen LogP contribution in [0.3, 0.4) is 0 Å². The van der Waals surface area contributed by atoms with E-state index in [2.05, 4.69) is 16.7 Å². The first-order valence-electron chi connectivity index (χ1n) is 15.4. The van der Waals surface area contributed by atoms with E-state index in [9.17, 15) is 14.0 Å². The first-order valence-corrected chi connectivity index (χ1v) is 15.4. The molecular formula is C36H41FN4O6. The van der Waals surface area contributed by atoms with Gasteiger partial charge in [0.2, 0.25) is 5.76 Å². The SMILES string of the molecule is C=C1/C2=C(/CC3=CCC=C(F)C=C3)CC=NC/C(OCc3ccccc3)=C(/C(=O)OCC)C(=O)N1C=C(/C(=N/N(C)C)OC(C)C)O2. The van der Waals surface area contributed by atoms with Crippen LogP contribution in [0.2, 0.25) is 0 Å². The maximum Gasteiger partial charge on any atom is 0.347 e. The van der Waals surface area contributed by atoms with Crippen molar-refractivity contribution in [3.05, 3.63) is 118 Å². The van der Waals surface area contributed by atoms with E-state index in [1.54, 1.807) is 38.3 Å². The number of nitrogens with zero attached hydrogens (tertiary/aromatic N) is 4. The van der Waals surface area contributed by atoms with Crippen molar-refractivity contribution < 1.29 is 32.9 Å². The smallest absolute Gasteiger partial charge is 0.347 e. The quantitative estimate of drug-likeness (QED) is 0.0956. The molecule has 248 valence electrons. The maximum atomic E-state index is 14.5. The molecule has 0 radical (unpaired) electrons. The van der Waals surface area contributed by atoms with Gasteiger partial charge in [-0.2, -0.15) is 0 Å². The van der Waals surface area contributed by atoms with Crippen LogP contribution in [0.1, 0.15) is 45.6 Å². The third-order valence-corrected chi connectivity index (χ3v) is 6.90. The van der Waals surface area contributed by atoms with E-state index in [0.717, 1.165) is 11.1 Å². The Bertz CT molecular complexity index is 1610. The minimum Gasteiger partial charge on any atom is -0.490 e. The number of esters is 1. The summed E-state index contributed by atoms with van der Waals surface area (Å²) in [5.41, 5.74) is 2.23. The molecule has 0 saturated carbocycles. The minimum absolute atomic E-state index is 0.0330. The van der Waals surface area contributed by atoms with E-state index in [-0.39, 0.29) is 72.6 Å². The largest absolute Gasteiger partial charge is 0.490 e. The van der Waals surface area contributed by atoms with Crippen LogP contribution in [0, 0.1) is 0 Å². The Hall–Kier alpha value is -5.19. The fourth-order valence-electron chi connectivity index (χ4n) is 4.77. The van der Waals surface area contributed by atoms with Gasteiger partial charge in [0.15, 0.2) is 11.3 Å². The second-order valence-corrected chi connectivity index (χ2v) is 11.2. The number of allylic oxidation sites excluding steroid dienone is 7. The number of halogens is 1. The van der Waals surface area contributed by atoms with Crippen molar-refractivity contribution in [2.45, 2.75) is 52.7 Å².